The number of hydrogen-bond acceptors (Lipinski definition) is 4. The van der Waals surface area contributed by atoms with Crippen molar-refractivity contribution in [3.05, 3.63) is 45.9 Å². The van der Waals surface area contributed by atoms with Crippen molar-refractivity contribution in [2.75, 3.05) is 5.75 Å². The quantitative estimate of drug-likeness (QED) is 0.858. The molecule has 0 saturated carbocycles. The summed E-state index contributed by atoms with van der Waals surface area (Å²) in [5, 5.41) is 1.04. The zero-order valence-corrected chi connectivity index (χ0v) is 11.3. The number of aromatic nitrogens is 1. The molecule has 2 N–H and O–H groups in total. The van der Waals surface area contributed by atoms with Crippen LogP contribution in [0.5, 0.6) is 0 Å². The fraction of sp³-hybridized carbons (Fsp3) is 0.308. The molecule has 88 valence electrons. The molecule has 4 heteroatoms. The Morgan fingerprint density at radius 2 is 2.18 bits per heavy atom. The minimum atomic E-state index is -0.388. The van der Waals surface area contributed by atoms with Crippen molar-refractivity contribution < 1.29 is 0 Å². The third-order valence-corrected chi connectivity index (χ3v) is 5.29. The van der Waals surface area contributed by atoms with Crippen LogP contribution in [0.4, 0.5) is 0 Å². The number of thioether (sulfide) groups is 1. The number of hydrogen-bond donors (Lipinski definition) is 1. The zero-order valence-electron chi connectivity index (χ0n) is 9.64. The minimum absolute atomic E-state index is 0.388. The van der Waals surface area contributed by atoms with Gasteiger partial charge in [-0.2, -0.15) is 0 Å². The maximum atomic E-state index is 6.64. The Bertz CT molecular complexity index is 550. The molecule has 0 aliphatic carbocycles. The van der Waals surface area contributed by atoms with Crippen LogP contribution in [0.3, 0.4) is 0 Å². The Hall–Kier alpha value is -0.840. The largest absolute Gasteiger partial charge is 0.316 e. The van der Waals surface area contributed by atoms with Crippen molar-refractivity contribution in [1.82, 2.24) is 4.98 Å². The predicted molar refractivity (Wildman–Crippen MR) is 73.6 cm³/mol. The van der Waals surface area contributed by atoms with E-state index < -0.39 is 0 Å². The van der Waals surface area contributed by atoms with Gasteiger partial charge in [-0.3, -0.25) is 0 Å². The maximum absolute atomic E-state index is 6.64. The topological polar surface area (TPSA) is 38.9 Å². The third kappa shape index (κ3) is 1.80. The number of nitrogens with two attached hydrogens (primary N) is 1. The average Bonchev–Trinajstić information content (AvgIpc) is 2.77. The molecule has 1 aliphatic rings. The van der Waals surface area contributed by atoms with Crippen molar-refractivity contribution in [1.29, 1.82) is 0 Å². The van der Waals surface area contributed by atoms with Crippen molar-refractivity contribution >= 4 is 23.1 Å². The number of nitrogens with zero attached hydrogens (tertiary/aromatic N) is 1. The highest BCUT2D eigenvalue weighted by Crippen LogP contribution is 2.43. The molecule has 0 amide bonds. The van der Waals surface area contributed by atoms with Gasteiger partial charge in [0, 0.05) is 21.7 Å². The second-order valence-electron chi connectivity index (χ2n) is 4.34. The van der Waals surface area contributed by atoms with Crippen molar-refractivity contribution in [2.24, 2.45) is 5.73 Å². The summed E-state index contributed by atoms with van der Waals surface area (Å²) in [4.78, 5) is 7.02. The van der Waals surface area contributed by atoms with E-state index in [-0.39, 0.29) is 5.54 Å². The first-order chi connectivity index (χ1) is 8.20. The van der Waals surface area contributed by atoms with Gasteiger partial charge < -0.3 is 5.73 Å². The van der Waals surface area contributed by atoms with Gasteiger partial charge in [-0.05, 0) is 25.0 Å². The first kappa shape index (κ1) is 11.3. The predicted octanol–water partition coefficient (Wildman–Crippen LogP) is 3.15. The monoisotopic (exact) mass is 262 g/mol. The van der Waals surface area contributed by atoms with Gasteiger partial charge in [0.1, 0.15) is 5.01 Å². The van der Waals surface area contributed by atoms with E-state index in [1.165, 1.54) is 15.3 Å². The number of thiazole rings is 1. The van der Waals surface area contributed by atoms with Gasteiger partial charge in [-0.25, -0.2) is 4.98 Å². The highest BCUT2D eigenvalue weighted by molar-refractivity contribution is 7.99. The number of rotatable bonds is 1. The highest BCUT2D eigenvalue weighted by Gasteiger charge is 2.37. The first-order valence-electron chi connectivity index (χ1n) is 5.64. The number of fused-ring (bicyclic) bond motifs is 1. The Morgan fingerprint density at radius 3 is 2.94 bits per heavy atom. The molecule has 0 saturated heterocycles. The Morgan fingerprint density at radius 1 is 1.35 bits per heavy atom. The summed E-state index contributed by atoms with van der Waals surface area (Å²) in [6.07, 6.45) is 2.88. The minimum Gasteiger partial charge on any atom is -0.316 e. The molecular weight excluding hydrogens is 248 g/mol. The van der Waals surface area contributed by atoms with Gasteiger partial charge in [-0.1, -0.05) is 18.2 Å². The van der Waals surface area contributed by atoms with Crippen LogP contribution >= 0.6 is 23.1 Å². The van der Waals surface area contributed by atoms with Gasteiger partial charge in [0.2, 0.25) is 0 Å². The average molecular weight is 262 g/mol. The summed E-state index contributed by atoms with van der Waals surface area (Å²) in [6.45, 7) is 2.08. The maximum Gasteiger partial charge on any atom is 0.117 e. The summed E-state index contributed by atoms with van der Waals surface area (Å²) in [5.41, 5.74) is 7.48. The van der Waals surface area contributed by atoms with E-state index in [4.69, 9.17) is 5.73 Å². The molecule has 1 aromatic carbocycles. The van der Waals surface area contributed by atoms with Crippen molar-refractivity contribution in [3.8, 4) is 0 Å². The number of aryl methyl sites for hydroxylation is 1. The normalized spacial score (nSPS) is 23.4. The van der Waals surface area contributed by atoms with E-state index >= 15 is 0 Å². The molecule has 17 heavy (non-hydrogen) atoms. The van der Waals surface area contributed by atoms with E-state index in [0.29, 0.717) is 0 Å². The van der Waals surface area contributed by atoms with Crippen LogP contribution in [0.25, 0.3) is 0 Å². The van der Waals surface area contributed by atoms with Crippen LogP contribution < -0.4 is 5.73 Å². The summed E-state index contributed by atoms with van der Waals surface area (Å²) in [5.74, 6) is 1.06. The second-order valence-corrected chi connectivity index (χ2v) is 6.71. The SMILES string of the molecule is Cc1cnc(C2(N)CCSc3ccccc32)s1. The fourth-order valence-corrected chi connectivity index (χ4v) is 4.34. The van der Waals surface area contributed by atoms with E-state index in [2.05, 4.69) is 36.2 Å². The molecule has 3 rings (SSSR count). The Labute approximate surface area is 109 Å². The lowest BCUT2D eigenvalue weighted by Crippen LogP contribution is -2.40. The third-order valence-electron chi connectivity index (χ3n) is 3.12. The molecule has 1 aromatic heterocycles. The summed E-state index contributed by atoms with van der Waals surface area (Å²) in [7, 11) is 0. The first-order valence-corrected chi connectivity index (χ1v) is 7.44. The van der Waals surface area contributed by atoms with E-state index in [1.807, 2.05) is 18.0 Å². The molecule has 0 fully saturated rings. The molecule has 2 aromatic rings. The standard InChI is InChI=1S/C13H14N2S2/c1-9-8-15-12(17-9)13(14)6-7-16-11-5-3-2-4-10(11)13/h2-5,8H,6-7,14H2,1H3. The second kappa shape index (κ2) is 4.12. The van der Waals surface area contributed by atoms with Crippen LogP contribution in [0.1, 0.15) is 21.9 Å². The smallest absolute Gasteiger partial charge is 0.117 e. The summed E-state index contributed by atoms with van der Waals surface area (Å²) >= 11 is 3.60. The van der Waals surface area contributed by atoms with Crippen molar-refractivity contribution in [3.63, 3.8) is 0 Å². The molecule has 2 heterocycles. The zero-order chi connectivity index (χ0) is 11.9. The molecule has 1 aliphatic heterocycles. The summed E-state index contributed by atoms with van der Waals surface area (Å²) in [6, 6.07) is 8.43. The molecule has 2 nitrogen and oxygen atoms in total. The van der Waals surface area contributed by atoms with Gasteiger partial charge in [0.25, 0.3) is 0 Å². The van der Waals surface area contributed by atoms with E-state index in [9.17, 15) is 0 Å². The molecule has 1 atom stereocenters. The Balaban J connectivity index is 2.15. The van der Waals surface area contributed by atoms with E-state index in [0.717, 1.165) is 17.2 Å². The lowest BCUT2D eigenvalue weighted by molar-refractivity contribution is 0.503. The van der Waals surface area contributed by atoms with Crippen LogP contribution in [0.15, 0.2) is 35.4 Å². The van der Waals surface area contributed by atoms with Gasteiger partial charge in [0.15, 0.2) is 0 Å². The van der Waals surface area contributed by atoms with Crippen LogP contribution in [0.2, 0.25) is 0 Å². The highest BCUT2D eigenvalue weighted by atomic mass is 32.2. The van der Waals surface area contributed by atoms with Gasteiger partial charge in [0.05, 0.1) is 5.54 Å². The molecular formula is C13H14N2S2. The summed E-state index contributed by atoms with van der Waals surface area (Å²) < 4.78 is 0. The molecule has 0 spiro atoms. The van der Waals surface area contributed by atoms with E-state index in [1.54, 1.807) is 11.3 Å². The lowest BCUT2D eigenvalue weighted by atomic mass is 9.88. The molecule has 0 radical (unpaired) electrons. The van der Waals surface area contributed by atoms with Crippen LogP contribution in [-0.4, -0.2) is 10.7 Å². The number of benzene rings is 1. The van der Waals surface area contributed by atoms with Gasteiger partial charge in [-0.15, -0.1) is 23.1 Å². The van der Waals surface area contributed by atoms with Gasteiger partial charge >= 0.3 is 0 Å². The Kier molecular flexibility index (Phi) is 2.73. The molecule has 0 bridgehead atoms. The molecule has 1 unspecified atom stereocenters. The van der Waals surface area contributed by atoms with Crippen molar-refractivity contribution in [2.45, 2.75) is 23.8 Å². The lowest BCUT2D eigenvalue weighted by Gasteiger charge is -2.33. The van der Waals surface area contributed by atoms with Crippen LogP contribution in [-0.2, 0) is 5.54 Å². The fourth-order valence-electron chi connectivity index (χ4n) is 2.20. The van der Waals surface area contributed by atoms with Crippen LogP contribution in [0, 0.1) is 6.92 Å².